The van der Waals surface area contributed by atoms with Crippen molar-refractivity contribution in [2.75, 3.05) is 0 Å². The first-order valence-corrected chi connectivity index (χ1v) is 7.25. The summed E-state index contributed by atoms with van der Waals surface area (Å²) in [7, 11) is 0. The number of nitrogens with zero attached hydrogens (tertiary/aromatic N) is 2. The molecule has 0 aromatic carbocycles. The van der Waals surface area contributed by atoms with Gasteiger partial charge in [0.05, 0.1) is 11.7 Å². The van der Waals surface area contributed by atoms with Crippen LogP contribution in [0.4, 0.5) is 0 Å². The highest BCUT2D eigenvalue weighted by Crippen LogP contribution is 2.14. The van der Waals surface area contributed by atoms with Gasteiger partial charge in [0, 0.05) is 23.5 Å². The first-order valence-electron chi connectivity index (χ1n) is 6.87. The number of carbonyl (C=O) groups excluding carboxylic acids is 1. The third kappa shape index (κ3) is 4.43. The van der Waals surface area contributed by atoms with Crippen molar-refractivity contribution < 1.29 is 14.3 Å². The van der Waals surface area contributed by atoms with Crippen LogP contribution in [0.5, 0.6) is 5.88 Å². The average Bonchev–Trinajstić information content (AvgIpc) is 2.46. The number of esters is 1. The van der Waals surface area contributed by atoms with Crippen LogP contribution in [0.1, 0.15) is 35.5 Å². The maximum Gasteiger partial charge on any atom is 0.340 e. The molecular formula is C16H17ClN2O3. The van der Waals surface area contributed by atoms with Crippen LogP contribution in [-0.2, 0) is 11.3 Å². The largest absolute Gasteiger partial charge is 0.475 e. The molecule has 0 saturated carbocycles. The highest BCUT2D eigenvalue weighted by atomic mass is 35.5. The van der Waals surface area contributed by atoms with Gasteiger partial charge < -0.3 is 9.47 Å². The van der Waals surface area contributed by atoms with E-state index in [0.717, 1.165) is 11.3 Å². The van der Waals surface area contributed by atoms with Gasteiger partial charge in [-0.15, -0.1) is 0 Å². The minimum Gasteiger partial charge on any atom is -0.475 e. The number of aromatic nitrogens is 2. The van der Waals surface area contributed by atoms with Crippen molar-refractivity contribution in [2.45, 2.75) is 33.5 Å². The van der Waals surface area contributed by atoms with Gasteiger partial charge in [-0.1, -0.05) is 17.7 Å². The van der Waals surface area contributed by atoms with E-state index in [9.17, 15) is 4.79 Å². The molecule has 0 unspecified atom stereocenters. The number of ether oxygens (including phenoxy) is 2. The Kier molecular flexibility index (Phi) is 5.33. The zero-order valence-corrected chi connectivity index (χ0v) is 13.4. The highest BCUT2D eigenvalue weighted by Gasteiger charge is 2.10. The normalized spacial score (nSPS) is 10.6. The third-order valence-corrected chi connectivity index (χ3v) is 3.06. The molecule has 0 saturated heterocycles. The lowest BCUT2D eigenvalue weighted by Gasteiger charge is -2.09. The summed E-state index contributed by atoms with van der Waals surface area (Å²) >= 11 is 5.79. The number of carbonyl (C=O) groups is 1. The lowest BCUT2D eigenvalue weighted by atomic mass is 10.2. The molecule has 6 heteroatoms. The Balaban J connectivity index is 1.97. The number of hydrogen-bond donors (Lipinski definition) is 0. The molecule has 0 fully saturated rings. The molecule has 2 heterocycles. The van der Waals surface area contributed by atoms with Crippen LogP contribution in [0.3, 0.4) is 0 Å². The van der Waals surface area contributed by atoms with E-state index in [0.29, 0.717) is 16.6 Å². The van der Waals surface area contributed by atoms with Crippen molar-refractivity contribution in [1.82, 2.24) is 9.97 Å². The summed E-state index contributed by atoms with van der Waals surface area (Å²) in [5.41, 5.74) is 1.92. The van der Waals surface area contributed by atoms with Gasteiger partial charge in [-0.3, -0.25) is 0 Å². The van der Waals surface area contributed by atoms with Gasteiger partial charge in [0.15, 0.2) is 0 Å². The van der Waals surface area contributed by atoms with Crippen LogP contribution < -0.4 is 4.74 Å². The van der Waals surface area contributed by atoms with Gasteiger partial charge in [0.25, 0.3) is 0 Å². The van der Waals surface area contributed by atoms with Crippen molar-refractivity contribution in [2.24, 2.45) is 0 Å². The fourth-order valence-corrected chi connectivity index (χ4v) is 1.94. The molecule has 0 aliphatic rings. The number of aryl methyl sites for hydroxylation is 1. The molecule has 22 heavy (non-hydrogen) atoms. The molecule has 2 aromatic heterocycles. The third-order valence-electron chi connectivity index (χ3n) is 2.85. The number of rotatable bonds is 5. The van der Waals surface area contributed by atoms with E-state index in [4.69, 9.17) is 21.1 Å². The van der Waals surface area contributed by atoms with Gasteiger partial charge in [0.1, 0.15) is 11.8 Å². The van der Waals surface area contributed by atoms with Crippen molar-refractivity contribution in [3.8, 4) is 5.88 Å². The smallest absolute Gasteiger partial charge is 0.340 e. The second-order valence-electron chi connectivity index (χ2n) is 5.01. The van der Waals surface area contributed by atoms with Gasteiger partial charge in [-0.05, 0) is 32.9 Å². The minimum atomic E-state index is -0.446. The summed E-state index contributed by atoms with van der Waals surface area (Å²) < 4.78 is 10.7. The van der Waals surface area contributed by atoms with Crippen LogP contribution in [0.25, 0.3) is 0 Å². The summed E-state index contributed by atoms with van der Waals surface area (Å²) in [5.74, 6) is 0.0299. The molecular weight excluding hydrogens is 304 g/mol. The van der Waals surface area contributed by atoms with Gasteiger partial charge in [-0.2, -0.15) is 0 Å². The monoisotopic (exact) mass is 320 g/mol. The molecule has 2 rings (SSSR count). The molecule has 0 radical (unpaired) electrons. The van der Waals surface area contributed by atoms with Crippen LogP contribution in [-0.4, -0.2) is 22.0 Å². The van der Waals surface area contributed by atoms with Crippen LogP contribution in [0, 0.1) is 6.92 Å². The molecule has 2 aromatic rings. The Hall–Kier alpha value is -2.14. The van der Waals surface area contributed by atoms with E-state index in [1.165, 1.54) is 6.20 Å². The van der Waals surface area contributed by atoms with Crippen LogP contribution in [0.2, 0.25) is 5.15 Å². The van der Waals surface area contributed by atoms with Crippen molar-refractivity contribution >= 4 is 17.6 Å². The fraction of sp³-hybridized carbons (Fsp3) is 0.312. The predicted octanol–water partition coefficient (Wildman–Crippen LogP) is 3.58. The summed E-state index contributed by atoms with van der Waals surface area (Å²) in [6.45, 7) is 5.77. The predicted molar refractivity (Wildman–Crippen MR) is 83.1 cm³/mol. The Labute approximate surface area is 134 Å². The SMILES string of the molecule is Cc1nc(Cl)ccc1COC(=O)c1ccc(OC(C)C)nc1. The lowest BCUT2D eigenvalue weighted by molar-refractivity contribution is 0.0471. The minimum absolute atomic E-state index is 0.0330. The molecule has 0 aliphatic carbocycles. The number of pyridine rings is 2. The quantitative estimate of drug-likeness (QED) is 0.622. The Morgan fingerprint density at radius 2 is 2.05 bits per heavy atom. The molecule has 0 atom stereocenters. The molecule has 0 N–H and O–H groups in total. The zero-order chi connectivity index (χ0) is 16.1. The number of halogens is 1. The standard InChI is InChI=1S/C16H17ClN2O3/c1-10(2)22-15-7-5-12(8-18-15)16(20)21-9-13-4-6-14(17)19-11(13)3/h4-8,10H,9H2,1-3H3. The Morgan fingerprint density at radius 3 is 2.64 bits per heavy atom. The van der Waals surface area contributed by atoms with E-state index < -0.39 is 5.97 Å². The second-order valence-corrected chi connectivity index (χ2v) is 5.39. The van der Waals surface area contributed by atoms with Crippen molar-refractivity contribution in [3.63, 3.8) is 0 Å². The summed E-state index contributed by atoms with van der Waals surface area (Å²) in [4.78, 5) is 20.2. The first kappa shape index (κ1) is 16.2. The van der Waals surface area contributed by atoms with Crippen molar-refractivity contribution in [1.29, 1.82) is 0 Å². The molecule has 116 valence electrons. The van der Waals surface area contributed by atoms with Gasteiger partial charge in [-0.25, -0.2) is 14.8 Å². The highest BCUT2D eigenvalue weighted by molar-refractivity contribution is 6.29. The number of hydrogen-bond acceptors (Lipinski definition) is 5. The summed E-state index contributed by atoms with van der Waals surface area (Å²) in [6.07, 6.45) is 1.47. The summed E-state index contributed by atoms with van der Waals surface area (Å²) in [6, 6.07) is 6.72. The fourth-order valence-electron chi connectivity index (χ4n) is 1.75. The molecule has 0 aliphatic heterocycles. The van der Waals surface area contributed by atoms with Crippen LogP contribution >= 0.6 is 11.6 Å². The lowest BCUT2D eigenvalue weighted by Crippen LogP contribution is -2.09. The molecule has 5 nitrogen and oxygen atoms in total. The van der Waals surface area contributed by atoms with E-state index >= 15 is 0 Å². The van der Waals surface area contributed by atoms with Crippen LogP contribution in [0.15, 0.2) is 30.5 Å². The Morgan fingerprint density at radius 1 is 1.27 bits per heavy atom. The maximum absolute atomic E-state index is 12.0. The maximum atomic E-state index is 12.0. The van der Waals surface area contributed by atoms with Gasteiger partial charge in [0.2, 0.25) is 5.88 Å². The second kappa shape index (κ2) is 7.22. The van der Waals surface area contributed by atoms with Gasteiger partial charge >= 0.3 is 5.97 Å². The average molecular weight is 321 g/mol. The first-order chi connectivity index (χ1) is 10.5. The van der Waals surface area contributed by atoms with E-state index in [1.807, 2.05) is 20.8 Å². The van der Waals surface area contributed by atoms with E-state index in [-0.39, 0.29) is 12.7 Å². The molecule has 0 spiro atoms. The topological polar surface area (TPSA) is 61.3 Å². The Bertz CT molecular complexity index is 657. The zero-order valence-electron chi connectivity index (χ0n) is 12.7. The van der Waals surface area contributed by atoms with E-state index in [2.05, 4.69) is 9.97 Å². The molecule has 0 amide bonds. The molecule has 0 bridgehead atoms. The van der Waals surface area contributed by atoms with Crippen molar-refractivity contribution in [3.05, 3.63) is 52.4 Å². The summed E-state index contributed by atoms with van der Waals surface area (Å²) in [5, 5.41) is 0.414. The van der Waals surface area contributed by atoms with E-state index in [1.54, 1.807) is 24.3 Å².